The number of hydrogen-bond acceptors (Lipinski definition) is 5. The largest absolute Gasteiger partial charge is 0.412 e. The van der Waals surface area contributed by atoms with Gasteiger partial charge in [-0.3, -0.25) is 4.55 Å². The van der Waals surface area contributed by atoms with Crippen molar-refractivity contribution in [1.29, 1.82) is 0 Å². The predicted octanol–water partition coefficient (Wildman–Crippen LogP) is -0.678. The summed E-state index contributed by atoms with van der Waals surface area (Å²) < 4.78 is 51.7. The van der Waals surface area contributed by atoms with Gasteiger partial charge < -0.3 is 0 Å². The molecule has 0 aliphatic rings. The van der Waals surface area contributed by atoms with Gasteiger partial charge in [0.2, 0.25) is 0 Å². The van der Waals surface area contributed by atoms with Crippen LogP contribution in [0.3, 0.4) is 0 Å². The average molecular weight is 202 g/mol. The summed E-state index contributed by atoms with van der Waals surface area (Å²) in [5, 5.41) is 0. The molecular formula is C3H6O6S2. The van der Waals surface area contributed by atoms with Gasteiger partial charge in [0, 0.05) is 0 Å². The first-order valence-electron chi connectivity index (χ1n) is 2.29. The van der Waals surface area contributed by atoms with Crippen molar-refractivity contribution in [3.63, 3.8) is 0 Å². The molecule has 0 fully saturated rings. The Morgan fingerprint density at radius 2 is 1.82 bits per heavy atom. The van der Waals surface area contributed by atoms with Gasteiger partial charge >= 0.3 is 10.4 Å². The molecule has 0 aliphatic carbocycles. The van der Waals surface area contributed by atoms with Gasteiger partial charge in [-0.2, -0.15) is 16.8 Å². The van der Waals surface area contributed by atoms with Gasteiger partial charge in [-0.05, 0) is 0 Å². The zero-order valence-electron chi connectivity index (χ0n) is 5.30. The van der Waals surface area contributed by atoms with Crippen molar-refractivity contribution >= 4 is 20.5 Å². The zero-order chi connectivity index (χ0) is 9.12. The monoisotopic (exact) mass is 202 g/mol. The van der Waals surface area contributed by atoms with Crippen LogP contribution in [-0.4, -0.2) is 27.1 Å². The van der Waals surface area contributed by atoms with Gasteiger partial charge in [0.1, 0.15) is 0 Å². The summed E-state index contributed by atoms with van der Waals surface area (Å²) in [5.74, 6) is -0.674. The summed E-state index contributed by atoms with van der Waals surface area (Å²) in [4.78, 5) is 0. The highest BCUT2D eigenvalue weighted by atomic mass is 32.3. The molecule has 0 radical (unpaired) electrons. The van der Waals surface area contributed by atoms with Crippen LogP contribution in [0.15, 0.2) is 12.7 Å². The molecule has 0 saturated carbocycles. The van der Waals surface area contributed by atoms with Crippen molar-refractivity contribution in [3.8, 4) is 0 Å². The Morgan fingerprint density at radius 1 is 1.36 bits per heavy atom. The fourth-order valence-corrected chi connectivity index (χ4v) is 1.86. The molecule has 6 nitrogen and oxygen atoms in total. The number of hydrogen-bond donors (Lipinski definition) is 1. The minimum absolute atomic E-state index is 0.674. The van der Waals surface area contributed by atoms with Crippen LogP contribution in [0.5, 0.6) is 0 Å². The molecule has 0 aromatic carbocycles. The van der Waals surface area contributed by atoms with Crippen LogP contribution >= 0.6 is 0 Å². The Hall–Kier alpha value is -0.440. The molecule has 8 heteroatoms. The predicted molar refractivity (Wildman–Crippen MR) is 36.6 cm³/mol. The summed E-state index contributed by atoms with van der Waals surface area (Å²) in [6.07, 6.45) is 0.931. The van der Waals surface area contributed by atoms with Crippen molar-refractivity contribution in [2.24, 2.45) is 0 Å². The lowest BCUT2D eigenvalue weighted by Gasteiger charge is -1.96. The van der Waals surface area contributed by atoms with Gasteiger partial charge in [-0.1, -0.05) is 6.08 Å². The highest BCUT2D eigenvalue weighted by Crippen LogP contribution is 1.98. The molecule has 0 spiro atoms. The van der Waals surface area contributed by atoms with E-state index in [4.69, 9.17) is 4.55 Å². The number of rotatable bonds is 4. The highest BCUT2D eigenvalue weighted by Gasteiger charge is 2.18. The second kappa shape index (κ2) is 3.30. The Morgan fingerprint density at radius 3 is 2.09 bits per heavy atom. The topological polar surface area (TPSA) is 97.7 Å². The highest BCUT2D eigenvalue weighted by molar-refractivity contribution is 7.97. The third-order valence-corrected chi connectivity index (χ3v) is 2.67. The second-order valence-corrected chi connectivity index (χ2v) is 4.36. The summed E-state index contributed by atoms with van der Waals surface area (Å²) in [5.41, 5.74) is 0. The first-order chi connectivity index (χ1) is 4.77. The maximum absolute atomic E-state index is 10.4. The summed E-state index contributed by atoms with van der Waals surface area (Å²) in [7, 11) is -9.19. The van der Waals surface area contributed by atoms with Crippen LogP contribution in [0.1, 0.15) is 0 Å². The van der Waals surface area contributed by atoms with Crippen LogP contribution in [-0.2, 0) is 24.1 Å². The summed E-state index contributed by atoms with van der Waals surface area (Å²) >= 11 is 0. The first-order valence-corrected chi connectivity index (χ1v) is 5.23. The Kier molecular flexibility index (Phi) is 3.17. The van der Waals surface area contributed by atoms with Crippen LogP contribution in [0.4, 0.5) is 0 Å². The molecule has 0 aromatic heterocycles. The van der Waals surface area contributed by atoms with Crippen molar-refractivity contribution in [2.45, 2.75) is 0 Å². The van der Waals surface area contributed by atoms with E-state index in [0.29, 0.717) is 0 Å². The molecule has 0 unspecified atom stereocenters. The Bertz CT molecular complexity index is 321. The second-order valence-electron chi connectivity index (χ2n) is 1.51. The molecule has 0 heterocycles. The lowest BCUT2D eigenvalue weighted by molar-refractivity contribution is 0.384. The van der Waals surface area contributed by atoms with Crippen molar-refractivity contribution < 1.29 is 25.0 Å². The SMILES string of the molecule is C=CCS(=O)(=O)OS(=O)(=O)O. The Labute approximate surface area is 64.6 Å². The van der Waals surface area contributed by atoms with E-state index in [1.54, 1.807) is 0 Å². The van der Waals surface area contributed by atoms with Gasteiger partial charge in [0.25, 0.3) is 10.1 Å². The quantitative estimate of drug-likeness (QED) is 0.479. The molecule has 0 aromatic rings. The van der Waals surface area contributed by atoms with E-state index in [9.17, 15) is 16.8 Å². The standard InChI is InChI=1S/C3H6O6S2/c1-2-3-10(4,5)9-11(6,7)8/h2H,1,3H2,(H,6,7,8). The normalized spacial score (nSPS) is 12.8. The maximum atomic E-state index is 10.4. The lowest BCUT2D eigenvalue weighted by atomic mass is 10.8. The van der Waals surface area contributed by atoms with E-state index in [-0.39, 0.29) is 0 Å². The van der Waals surface area contributed by atoms with E-state index in [2.05, 4.69) is 10.2 Å². The van der Waals surface area contributed by atoms with Crippen LogP contribution in [0.2, 0.25) is 0 Å². The lowest BCUT2D eigenvalue weighted by Crippen LogP contribution is -2.14. The van der Waals surface area contributed by atoms with Crippen LogP contribution in [0, 0.1) is 0 Å². The summed E-state index contributed by atoms with van der Waals surface area (Å²) in [6.45, 7) is 3.04. The average Bonchev–Trinajstić information content (AvgIpc) is 1.55. The maximum Gasteiger partial charge on any atom is 0.412 e. The molecular weight excluding hydrogens is 196 g/mol. The van der Waals surface area contributed by atoms with E-state index in [0.717, 1.165) is 6.08 Å². The molecule has 11 heavy (non-hydrogen) atoms. The molecule has 0 bridgehead atoms. The minimum Gasteiger partial charge on any atom is -0.263 e. The van der Waals surface area contributed by atoms with Crippen LogP contribution in [0.25, 0.3) is 0 Å². The minimum atomic E-state index is -4.94. The van der Waals surface area contributed by atoms with Gasteiger partial charge in [-0.25, -0.2) is 0 Å². The molecule has 1 N–H and O–H groups in total. The van der Waals surface area contributed by atoms with E-state index in [1.165, 1.54) is 0 Å². The van der Waals surface area contributed by atoms with Crippen LogP contribution < -0.4 is 0 Å². The van der Waals surface area contributed by atoms with E-state index < -0.39 is 26.3 Å². The van der Waals surface area contributed by atoms with E-state index in [1.807, 2.05) is 0 Å². The fraction of sp³-hybridized carbons (Fsp3) is 0.333. The Balaban J connectivity index is 4.52. The van der Waals surface area contributed by atoms with Gasteiger partial charge in [-0.15, -0.1) is 10.2 Å². The molecule has 0 atom stereocenters. The molecule has 0 rings (SSSR count). The molecule has 0 amide bonds. The van der Waals surface area contributed by atoms with Crippen molar-refractivity contribution in [3.05, 3.63) is 12.7 Å². The van der Waals surface area contributed by atoms with Gasteiger partial charge in [0.05, 0.1) is 5.75 Å². The third-order valence-electron chi connectivity index (χ3n) is 0.512. The molecule has 66 valence electrons. The molecule has 0 aliphatic heterocycles. The van der Waals surface area contributed by atoms with E-state index >= 15 is 0 Å². The smallest absolute Gasteiger partial charge is 0.263 e. The molecule has 0 saturated heterocycles. The van der Waals surface area contributed by atoms with Gasteiger partial charge in [0.15, 0.2) is 0 Å². The zero-order valence-corrected chi connectivity index (χ0v) is 6.93. The summed E-state index contributed by atoms with van der Waals surface area (Å²) in [6, 6.07) is 0. The fourth-order valence-electron chi connectivity index (χ4n) is 0.303. The van der Waals surface area contributed by atoms with Crippen molar-refractivity contribution in [2.75, 3.05) is 5.75 Å². The van der Waals surface area contributed by atoms with Crippen molar-refractivity contribution in [1.82, 2.24) is 0 Å². The first kappa shape index (κ1) is 10.6. The third kappa shape index (κ3) is 5.98.